The molecule has 1 saturated heterocycles. The summed E-state index contributed by atoms with van der Waals surface area (Å²) in [6.45, 7) is 6.58. The third kappa shape index (κ3) is 4.92. The highest BCUT2D eigenvalue weighted by Crippen LogP contribution is 2.43. The highest BCUT2D eigenvalue weighted by molar-refractivity contribution is 6.51. The molecule has 0 aliphatic carbocycles. The van der Waals surface area contributed by atoms with Gasteiger partial charge in [-0.05, 0) is 60.4 Å². The standard InChI is InChI=1S/C29H29NO5/c1-18(2)17-35-24-13-6-9-20(15-24)26-25(27(31)21-10-7-12-23(16-21)34-4)28(32)29(33)30(26)22-11-5-8-19(3)14-22/h5-16,18,26,31H,17H2,1-4H3/b27-25+. The van der Waals surface area contributed by atoms with E-state index in [9.17, 15) is 14.7 Å². The third-order valence-electron chi connectivity index (χ3n) is 5.82. The van der Waals surface area contributed by atoms with Crippen molar-refractivity contribution in [3.05, 3.63) is 95.1 Å². The van der Waals surface area contributed by atoms with Crippen LogP contribution in [-0.4, -0.2) is 30.5 Å². The molecule has 6 nitrogen and oxygen atoms in total. The number of benzene rings is 3. The Bertz CT molecular complexity index is 1290. The topological polar surface area (TPSA) is 76.1 Å². The Hall–Kier alpha value is -4.06. The first-order valence-corrected chi connectivity index (χ1v) is 11.5. The molecule has 1 unspecified atom stereocenters. The number of aliphatic hydroxyl groups is 1. The van der Waals surface area contributed by atoms with Crippen molar-refractivity contribution in [3.8, 4) is 11.5 Å². The molecule has 180 valence electrons. The van der Waals surface area contributed by atoms with Crippen molar-refractivity contribution in [2.75, 3.05) is 18.6 Å². The van der Waals surface area contributed by atoms with Crippen LogP contribution < -0.4 is 14.4 Å². The third-order valence-corrected chi connectivity index (χ3v) is 5.82. The Morgan fingerprint density at radius 2 is 1.69 bits per heavy atom. The number of rotatable bonds is 7. The number of carbonyl (C=O) groups is 2. The predicted octanol–water partition coefficient (Wildman–Crippen LogP) is 5.66. The number of aryl methyl sites for hydroxylation is 1. The van der Waals surface area contributed by atoms with E-state index in [0.29, 0.717) is 40.8 Å². The van der Waals surface area contributed by atoms with Gasteiger partial charge in [0.25, 0.3) is 11.7 Å². The fourth-order valence-corrected chi connectivity index (χ4v) is 4.16. The quantitative estimate of drug-likeness (QED) is 0.273. The van der Waals surface area contributed by atoms with Crippen LogP contribution in [0, 0.1) is 12.8 Å². The van der Waals surface area contributed by atoms with Gasteiger partial charge in [0.2, 0.25) is 0 Å². The minimum atomic E-state index is -0.828. The first-order chi connectivity index (χ1) is 16.8. The highest BCUT2D eigenvalue weighted by atomic mass is 16.5. The largest absolute Gasteiger partial charge is 0.507 e. The van der Waals surface area contributed by atoms with E-state index in [0.717, 1.165) is 5.56 Å². The predicted molar refractivity (Wildman–Crippen MR) is 136 cm³/mol. The first kappa shape index (κ1) is 24.1. The maximum absolute atomic E-state index is 13.4. The van der Waals surface area contributed by atoms with Gasteiger partial charge in [-0.25, -0.2) is 0 Å². The molecule has 0 spiro atoms. The molecule has 35 heavy (non-hydrogen) atoms. The molecule has 0 saturated carbocycles. The lowest BCUT2D eigenvalue weighted by Gasteiger charge is -2.26. The van der Waals surface area contributed by atoms with Gasteiger partial charge in [0.05, 0.1) is 25.3 Å². The van der Waals surface area contributed by atoms with Crippen molar-refractivity contribution in [2.45, 2.75) is 26.8 Å². The van der Waals surface area contributed by atoms with Gasteiger partial charge in [-0.15, -0.1) is 0 Å². The van der Waals surface area contributed by atoms with E-state index < -0.39 is 17.7 Å². The van der Waals surface area contributed by atoms with Crippen molar-refractivity contribution in [1.82, 2.24) is 0 Å². The molecule has 1 atom stereocenters. The number of hydrogen-bond donors (Lipinski definition) is 1. The van der Waals surface area contributed by atoms with E-state index in [1.807, 2.05) is 49.4 Å². The van der Waals surface area contributed by atoms with Gasteiger partial charge in [0, 0.05) is 11.3 Å². The molecule has 0 bridgehead atoms. The summed E-state index contributed by atoms with van der Waals surface area (Å²) in [4.78, 5) is 28.1. The Labute approximate surface area is 205 Å². The van der Waals surface area contributed by atoms with Crippen LogP contribution in [0.4, 0.5) is 5.69 Å². The van der Waals surface area contributed by atoms with Gasteiger partial charge in [-0.2, -0.15) is 0 Å². The van der Waals surface area contributed by atoms with Gasteiger partial charge < -0.3 is 14.6 Å². The van der Waals surface area contributed by atoms with E-state index in [2.05, 4.69) is 13.8 Å². The summed E-state index contributed by atoms with van der Waals surface area (Å²) in [6, 6.07) is 20.7. The molecule has 6 heteroatoms. The van der Waals surface area contributed by atoms with Gasteiger partial charge >= 0.3 is 0 Å². The molecule has 1 fully saturated rings. The number of hydrogen-bond acceptors (Lipinski definition) is 5. The maximum atomic E-state index is 13.4. The first-order valence-electron chi connectivity index (χ1n) is 11.5. The van der Waals surface area contributed by atoms with E-state index >= 15 is 0 Å². The lowest BCUT2D eigenvalue weighted by atomic mass is 9.95. The molecule has 0 aromatic heterocycles. The molecular weight excluding hydrogens is 442 g/mol. The molecule has 1 aliphatic rings. The number of ether oxygens (including phenoxy) is 2. The second-order valence-corrected chi connectivity index (χ2v) is 9.02. The van der Waals surface area contributed by atoms with Gasteiger partial charge in [0.1, 0.15) is 17.3 Å². The van der Waals surface area contributed by atoms with Crippen molar-refractivity contribution < 1.29 is 24.2 Å². The molecule has 1 N–H and O–H groups in total. The molecule has 3 aromatic carbocycles. The summed E-state index contributed by atoms with van der Waals surface area (Å²) >= 11 is 0. The second kappa shape index (κ2) is 10.1. The number of aliphatic hydroxyl groups excluding tert-OH is 1. The summed E-state index contributed by atoms with van der Waals surface area (Å²) in [7, 11) is 1.53. The molecule has 4 rings (SSSR count). The Morgan fingerprint density at radius 3 is 2.40 bits per heavy atom. The molecule has 1 aliphatic heterocycles. The Balaban J connectivity index is 1.90. The number of carbonyl (C=O) groups excluding carboxylic acids is 2. The minimum absolute atomic E-state index is 0.0192. The summed E-state index contributed by atoms with van der Waals surface area (Å²) in [6.07, 6.45) is 0. The minimum Gasteiger partial charge on any atom is -0.507 e. The summed E-state index contributed by atoms with van der Waals surface area (Å²) < 4.78 is 11.2. The molecule has 1 amide bonds. The monoisotopic (exact) mass is 471 g/mol. The van der Waals surface area contributed by atoms with Gasteiger partial charge in [-0.3, -0.25) is 14.5 Å². The SMILES string of the molecule is COc1cccc(/C(O)=C2\C(=O)C(=O)N(c3cccc(C)c3)C2c2cccc(OCC(C)C)c2)c1. The highest BCUT2D eigenvalue weighted by Gasteiger charge is 2.47. The fourth-order valence-electron chi connectivity index (χ4n) is 4.16. The van der Waals surface area contributed by atoms with E-state index in [-0.39, 0.29) is 11.3 Å². The Kier molecular flexibility index (Phi) is 6.92. The lowest BCUT2D eigenvalue weighted by molar-refractivity contribution is -0.132. The van der Waals surface area contributed by atoms with Gasteiger partial charge in [-0.1, -0.05) is 50.2 Å². The number of Topliss-reactive ketones (excluding diaryl/α,β-unsaturated/α-hetero) is 1. The van der Waals surface area contributed by atoms with E-state index in [4.69, 9.17) is 9.47 Å². The fraction of sp³-hybridized carbons (Fsp3) is 0.241. The van der Waals surface area contributed by atoms with Crippen LogP contribution in [0.1, 0.15) is 36.6 Å². The second-order valence-electron chi connectivity index (χ2n) is 9.02. The smallest absolute Gasteiger partial charge is 0.300 e. The number of amides is 1. The van der Waals surface area contributed by atoms with Crippen LogP contribution in [0.3, 0.4) is 0 Å². The number of ketones is 1. The van der Waals surface area contributed by atoms with Crippen molar-refractivity contribution in [2.24, 2.45) is 5.92 Å². The maximum Gasteiger partial charge on any atom is 0.300 e. The van der Waals surface area contributed by atoms with Crippen LogP contribution in [0.15, 0.2) is 78.4 Å². The Morgan fingerprint density at radius 1 is 0.971 bits per heavy atom. The van der Waals surface area contributed by atoms with Crippen LogP contribution >= 0.6 is 0 Å². The van der Waals surface area contributed by atoms with E-state index in [1.165, 1.54) is 12.0 Å². The van der Waals surface area contributed by atoms with Crippen LogP contribution in [0.2, 0.25) is 0 Å². The molecule has 1 heterocycles. The van der Waals surface area contributed by atoms with Crippen LogP contribution in [-0.2, 0) is 9.59 Å². The van der Waals surface area contributed by atoms with Crippen molar-refractivity contribution in [1.29, 1.82) is 0 Å². The average molecular weight is 472 g/mol. The molecule has 0 radical (unpaired) electrons. The molecule has 3 aromatic rings. The zero-order chi connectivity index (χ0) is 25.1. The lowest BCUT2D eigenvalue weighted by Crippen LogP contribution is -2.29. The normalized spacial score (nSPS) is 17.2. The summed E-state index contributed by atoms with van der Waals surface area (Å²) in [5.74, 6) is -0.195. The number of nitrogens with zero attached hydrogens (tertiary/aromatic N) is 1. The van der Waals surface area contributed by atoms with Crippen molar-refractivity contribution in [3.63, 3.8) is 0 Å². The average Bonchev–Trinajstić information content (AvgIpc) is 3.13. The number of anilines is 1. The molecular formula is C29H29NO5. The number of methoxy groups -OCH3 is 1. The zero-order valence-electron chi connectivity index (χ0n) is 20.3. The summed E-state index contributed by atoms with van der Waals surface area (Å²) in [5, 5.41) is 11.3. The van der Waals surface area contributed by atoms with Crippen molar-refractivity contribution >= 4 is 23.1 Å². The van der Waals surface area contributed by atoms with E-state index in [1.54, 1.807) is 30.3 Å². The van der Waals surface area contributed by atoms with Crippen LogP contribution in [0.5, 0.6) is 11.5 Å². The van der Waals surface area contributed by atoms with Crippen LogP contribution in [0.25, 0.3) is 5.76 Å². The summed E-state index contributed by atoms with van der Waals surface area (Å²) in [5.41, 5.74) is 2.60. The van der Waals surface area contributed by atoms with Gasteiger partial charge in [0.15, 0.2) is 0 Å². The zero-order valence-corrected chi connectivity index (χ0v) is 20.3.